The molecule has 0 bridgehead atoms. The molecule has 1 N–H and O–H groups in total. The van der Waals surface area contributed by atoms with Crippen LogP contribution < -0.4 is 5.32 Å². The molecule has 1 aliphatic rings. The van der Waals surface area contributed by atoms with Crippen molar-refractivity contribution in [3.63, 3.8) is 0 Å². The van der Waals surface area contributed by atoms with Crippen LogP contribution in [0.1, 0.15) is 16.9 Å². The van der Waals surface area contributed by atoms with E-state index in [4.69, 9.17) is 16.3 Å². The number of aromatic nitrogens is 2. The molecule has 1 aromatic heterocycles. The number of ketones is 1. The van der Waals surface area contributed by atoms with E-state index < -0.39 is 0 Å². The molecule has 0 aliphatic carbocycles. The van der Waals surface area contributed by atoms with Crippen molar-refractivity contribution in [2.45, 2.75) is 19.0 Å². The van der Waals surface area contributed by atoms with E-state index in [1.807, 2.05) is 11.8 Å². The van der Waals surface area contributed by atoms with Crippen molar-refractivity contribution < 1.29 is 9.53 Å². The van der Waals surface area contributed by atoms with Crippen LogP contribution in [0.5, 0.6) is 0 Å². The lowest BCUT2D eigenvalue weighted by molar-refractivity contribution is 0.0958. The molecule has 1 aliphatic heterocycles. The lowest BCUT2D eigenvalue weighted by Gasteiger charge is -2.22. The second-order valence-corrected chi connectivity index (χ2v) is 5.97. The summed E-state index contributed by atoms with van der Waals surface area (Å²) in [5, 5.41) is 7.90. The summed E-state index contributed by atoms with van der Waals surface area (Å²) in [4.78, 5) is 12.3. The van der Waals surface area contributed by atoms with Crippen LogP contribution >= 0.6 is 23.4 Å². The lowest BCUT2D eigenvalue weighted by Crippen LogP contribution is -2.39. The van der Waals surface area contributed by atoms with Gasteiger partial charge >= 0.3 is 0 Å². The molecule has 1 unspecified atom stereocenters. The van der Waals surface area contributed by atoms with Crippen molar-refractivity contribution in [3.05, 3.63) is 16.9 Å². The van der Waals surface area contributed by atoms with Crippen molar-refractivity contribution in [1.82, 2.24) is 15.1 Å². The third-order valence-electron chi connectivity index (χ3n) is 3.00. The van der Waals surface area contributed by atoms with Crippen LogP contribution in [0.3, 0.4) is 0 Å². The number of ether oxygens (including phenoxy) is 1. The Morgan fingerprint density at radius 2 is 2.58 bits per heavy atom. The summed E-state index contributed by atoms with van der Waals surface area (Å²) in [6.07, 6.45) is 1.99. The van der Waals surface area contributed by atoms with E-state index in [-0.39, 0.29) is 11.8 Å². The smallest absolute Gasteiger partial charge is 0.183 e. The first-order chi connectivity index (χ1) is 9.22. The van der Waals surface area contributed by atoms with Gasteiger partial charge in [0.05, 0.1) is 24.4 Å². The van der Waals surface area contributed by atoms with Crippen LogP contribution in [0.2, 0.25) is 5.02 Å². The summed E-state index contributed by atoms with van der Waals surface area (Å²) in [5.41, 5.74) is 0.496. The first kappa shape index (κ1) is 14.8. The number of hydrogen-bond donors (Lipinski definition) is 1. The van der Waals surface area contributed by atoms with Gasteiger partial charge in [-0.1, -0.05) is 11.6 Å². The number of thioether (sulfide) groups is 1. The predicted molar refractivity (Wildman–Crippen MR) is 77.2 cm³/mol. The molecule has 1 aromatic rings. The topological polar surface area (TPSA) is 56.2 Å². The maximum absolute atomic E-state index is 12.3. The third-order valence-corrected chi connectivity index (χ3v) is 4.40. The zero-order valence-electron chi connectivity index (χ0n) is 10.9. The molecule has 2 heterocycles. The average Bonchev–Trinajstić information content (AvgIpc) is 2.78. The van der Waals surface area contributed by atoms with Gasteiger partial charge in [-0.15, -0.1) is 0 Å². The quantitative estimate of drug-likeness (QED) is 0.806. The van der Waals surface area contributed by atoms with Gasteiger partial charge in [-0.25, -0.2) is 0 Å². The van der Waals surface area contributed by atoms with Gasteiger partial charge in [-0.3, -0.25) is 9.48 Å². The molecule has 7 heteroatoms. The molecule has 2 rings (SSSR count). The summed E-state index contributed by atoms with van der Waals surface area (Å²) >= 11 is 7.94. The Balaban J connectivity index is 2.02. The number of rotatable bonds is 6. The van der Waals surface area contributed by atoms with Crippen molar-refractivity contribution >= 4 is 29.1 Å². The minimum absolute atomic E-state index is 0.0404. The van der Waals surface area contributed by atoms with E-state index in [9.17, 15) is 4.79 Å². The first-order valence-electron chi connectivity index (χ1n) is 6.27. The Morgan fingerprint density at radius 3 is 3.26 bits per heavy atom. The molecule has 0 saturated carbocycles. The van der Waals surface area contributed by atoms with Crippen LogP contribution in [0, 0.1) is 0 Å². The van der Waals surface area contributed by atoms with Crippen molar-refractivity contribution in [2.24, 2.45) is 0 Å². The Morgan fingerprint density at radius 1 is 1.74 bits per heavy atom. The SMILES string of the molecule is COCCn1ncc(Cl)c1C(=O)CC1CSCCN1. The number of methoxy groups -OCH3 is 1. The van der Waals surface area contributed by atoms with Crippen LogP contribution in [-0.4, -0.2) is 53.4 Å². The van der Waals surface area contributed by atoms with Gasteiger partial charge < -0.3 is 10.1 Å². The monoisotopic (exact) mass is 303 g/mol. The van der Waals surface area contributed by atoms with Gasteiger partial charge in [0, 0.05) is 37.6 Å². The van der Waals surface area contributed by atoms with Crippen molar-refractivity contribution in [1.29, 1.82) is 0 Å². The molecular formula is C12H18ClN3O2S. The maximum Gasteiger partial charge on any atom is 0.183 e. The number of hydrogen-bond acceptors (Lipinski definition) is 5. The molecule has 0 amide bonds. The fourth-order valence-corrected chi connectivity index (χ4v) is 3.25. The summed E-state index contributed by atoms with van der Waals surface area (Å²) in [6.45, 7) is 2.01. The number of nitrogens with one attached hydrogen (secondary N) is 1. The molecule has 106 valence electrons. The van der Waals surface area contributed by atoms with E-state index in [0.717, 1.165) is 18.1 Å². The highest BCUT2D eigenvalue weighted by Gasteiger charge is 2.22. The number of nitrogens with zero attached hydrogens (tertiary/aromatic N) is 2. The largest absolute Gasteiger partial charge is 0.383 e. The molecular weight excluding hydrogens is 286 g/mol. The Bertz CT molecular complexity index is 433. The number of Topliss-reactive ketones (excluding diaryl/α,β-unsaturated/α-hetero) is 1. The molecule has 0 aromatic carbocycles. The van der Waals surface area contributed by atoms with Gasteiger partial charge in [-0.2, -0.15) is 16.9 Å². The average molecular weight is 304 g/mol. The first-order valence-corrected chi connectivity index (χ1v) is 7.80. The molecule has 5 nitrogen and oxygen atoms in total. The van der Waals surface area contributed by atoms with Crippen molar-refractivity contribution in [3.8, 4) is 0 Å². The van der Waals surface area contributed by atoms with E-state index in [1.54, 1.807) is 11.8 Å². The molecule has 1 saturated heterocycles. The number of halogens is 1. The summed E-state index contributed by atoms with van der Waals surface area (Å²) in [7, 11) is 1.62. The summed E-state index contributed by atoms with van der Waals surface area (Å²) in [6, 6.07) is 0.230. The van der Waals surface area contributed by atoms with Crippen LogP contribution in [0.25, 0.3) is 0 Å². The summed E-state index contributed by atoms with van der Waals surface area (Å²) in [5.74, 6) is 2.12. The van der Waals surface area contributed by atoms with Gasteiger partial charge in [0.25, 0.3) is 0 Å². The lowest BCUT2D eigenvalue weighted by atomic mass is 10.1. The molecule has 19 heavy (non-hydrogen) atoms. The van der Waals surface area contributed by atoms with Gasteiger partial charge in [0.2, 0.25) is 0 Å². The van der Waals surface area contributed by atoms with Crippen LogP contribution in [0.4, 0.5) is 0 Å². The fourth-order valence-electron chi connectivity index (χ4n) is 2.06. The Kier molecular flexibility index (Phi) is 5.69. The van der Waals surface area contributed by atoms with Crippen molar-refractivity contribution in [2.75, 3.05) is 31.8 Å². The zero-order valence-corrected chi connectivity index (χ0v) is 12.5. The Labute approximate surface area is 122 Å². The highest BCUT2D eigenvalue weighted by Crippen LogP contribution is 2.19. The number of carbonyl (C=O) groups excluding carboxylic acids is 1. The highest BCUT2D eigenvalue weighted by molar-refractivity contribution is 7.99. The van der Waals surface area contributed by atoms with E-state index >= 15 is 0 Å². The van der Waals surface area contributed by atoms with Gasteiger partial charge in [0.1, 0.15) is 5.69 Å². The van der Waals surface area contributed by atoms with Crippen LogP contribution in [-0.2, 0) is 11.3 Å². The van der Waals surface area contributed by atoms with E-state index in [0.29, 0.717) is 30.3 Å². The second-order valence-electron chi connectivity index (χ2n) is 4.41. The minimum atomic E-state index is 0.0404. The minimum Gasteiger partial charge on any atom is -0.383 e. The van der Waals surface area contributed by atoms with E-state index in [1.165, 1.54) is 6.20 Å². The number of carbonyl (C=O) groups is 1. The standard InChI is InChI=1S/C12H18ClN3O2S/c1-18-4-3-16-12(10(13)7-15-16)11(17)6-9-8-19-5-2-14-9/h7,9,14H,2-6,8H2,1H3. The summed E-state index contributed by atoms with van der Waals surface area (Å²) < 4.78 is 6.64. The Hall–Kier alpha value is -0.560. The van der Waals surface area contributed by atoms with Crippen LogP contribution in [0.15, 0.2) is 6.20 Å². The van der Waals surface area contributed by atoms with Gasteiger partial charge in [0.15, 0.2) is 5.78 Å². The molecule has 1 atom stereocenters. The molecule has 1 fully saturated rings. The van der Waals surface area contributed by atoms with Gasteiger partial charge in [-0.05, 0) is 0 Å². The maximum atomic E-state index is 12.3. The predicted octanol–water partition coefficient (Wildman–Crippen LogP) is 1.46. The normalized spacial score (nSPS) is 19.6. The second kappa shape index (κ2) is 7.28. The highest BCUT2D eigenvalue weighted by atomic mass is 35.5. The third kappa shape index (κ3) is 3.95. The molecule has 0 spiro atoms. The fraction of sp³-hybridized carbons (Fsp3) is 0.667. The zero-order chi connectivity index (χ0) is 13.7. The molecule has 0 radical (unpaired) electrons. The van der Waals surface area contributed by atoms with E-state index in [2.05, 4.69) is 10.4 Å².